The van der Waals surface area contributed by atoms with Crippen LogP contribution in [0.3, 0.4) is 0 Å². The Balaban J connectivity index is 1.43. The van der Waals surface area contributed by atoms with Gasteiger partial charge in [0.1, 0.15) is 0 Å². The first-order valence-electron chi connectivity index (χ1n) is 8.32. The molecule has 0 amide bonds. The van der Waals surface area contributed by atoms with Gasteiger partial charge in [0.15, 0.2) is 0 Å². The van der Waals surface area contributed by atoms with E-state index in [1.54, 1.807) is 0 Å². The number of piperidine rings is 1. The average Bonchev–Trinajstić information content (AvgIpc) is 3.05. The summed E-state index contributed by atoms with van der Waals surface area (Å²) < 4.78 is 10.9. The molecule has 4 rings (SSSR count). The van der Waals surface area contributed by atoms with E-state index in [1.807, 2.05) is 0 Å². The second-order valence-electron chi connectivity index (χ2n) is 6.48. The van der Waals surface area contributed by atoms with E-state index >= 15 is 0 Å². The number of ether oxygens (including phenoxy) is 1. The highest BCUT2D eigenvalue weighted by atomic mass is 16.5. The summed E-state index contributed by atoms with van der Waals surface area (Å²) in [5.41, 5.74) is 0. The average molecular weight is 292 g/mol. The van der Waals surface area contributed by atoms with Crippen LogP contribution in [0.1, 0.15) is 50.5 Å². The molecule has 6 nitrogen and oxygen atoms in total. The SMILES string of the molecule is C1CCC2NC(c3nc(N4CCOCC4)no3)CCC2C1. The maximum absolute atomic E-state index is 5.53. The lowest BCUT2D eigenvalue weighted by Gasteiger charge is -2.39. The van der Waals surface area contributed by atoms with Crippen molar-refractivity contribution in [2.24, 2.45) is 5.92 Å². The summed E-state index contributed by atoms with van der Waals surface area (Å²) in [6, 6.07) is 0.892. The molecule has 6 heteroatoms. The Bertz CT molecular complexity index is 472. The van der Waals surface area contributed by atoms with E-state index in [2.05, 4.69) is 20.4 Å². The molecule has 3 unspecified atom stereocenters. The van der Waals surface area contributed by atoms with Crippen molar-refractivity contribution < 1.29 is 9.26 Å². The first kappa shape index (κ1) is 13.5. The monoisotopic (exact) mass is 292 g/mol. The quantitative estimate of drug-likeness (QED) is 0.898. The van der Waals surface area contributed by atoms with Crippen LogP contribution in [-0.2, 0) is 4.74 Å². The zero-order valence-electron chi connectivity index (χ0n) is 12.5. The molecular weight excluding hydrogens is 268 g/mol. The number of rotatable bonds is 2. The van der Waals surface area contributed by atoms with E-state index in [4.69, 9.17) is 9.26 Å². The highest BCUT2D eigenvalue weighted by Gasteiger charge is 2.34. The van der Waals surface area contributed by atoms with Crippen molar-refractivity contribution in [2.75, 3.05) is 31.2 Å². The third-order valence-corrected chi connectivity index (χ3v) is 5.17. The molecule has 2 aliphatic heterocycles. The fourth-order valence-corrected chi connectivity index (χ4v) is 3.95. The molecule has 0 radical (unpaired) electrons. The summed E-state index contributed by atoms with van der Waals surface area (Å²) in [5.74, 6) is 2.35. The number of nitrogens with zero attached hydrogens (tertiary/aromatic N) is 3. The smallest absolute Gasteiger partial charge is 0.266 e. The van der Waals surface area contributed by atoms with Crippen LogP contribution in [0.25, 0.3) is 0 Å². The first-order valence-corrected chi connectivity index (χ1v) is 8.32. The molecule has 3 fully saturated rings. The topological polar surface area (TPSA) is 63.4 Å². The maximum atomic E-state index is 5.53. The van der Waals surface area contributed by atoms with Crippen LogP contribution in [0.15, 0.2) is 4.52 Å². The summed E-state index contributed by atoms with van der Waals surface area (Å²) >= 11 is 0. The van der Waals surface area contributed by atoms with Crippen LogP contribution in [0, 0.1) is 5.92 Å². The minimum absolute atomic E-state index is 0.242. The van der Waals surface area contributed by atoms with E-state index in [1.165, 1.54) is 32.1 Å². The van der Waals surface area contributed by atoms with Gasteiger partial charge < -0.3 is 19.5 Å². The Morgan fingerprint density at radius 3 is 2.81 bits per heavy atom. The van der Waals surface area contributed by atoms with Gasteiger partial charge >= 0.3 is 0 Å². The molecule has 1 aromatic rings. The van der Waals surface area contributed by atoms with Crippen LogP contribution < -0.4 is 10.2 Å². The maximum Gasteiger partial charge on any atom is 0.266 e. The Hall–Kier alpha value is -1.14. The number of hydrogen-bond donors (Lipinski definition) is 1. The molecule has 0 spiro atoms. The number of aromatic nitrogens is 2. The van der Waals surface area contributed by atoms with Gasteiger partial charge in [0.05, 0.1) is 19.3 Å². The van der Waals surface area contributed by atoms with Crippen molar-refractivity contribution in [3.63, 3.8) is 0 Å². The fourth-order valence-electron chi connectivity index (χ4n) is 3.95. The minimum atomic E-state index is 0.242. The Morgan fingerprint density at radius 1 is 1.05 bits per heavy atom. The number of fused-ring (bicyclic) bond motifs is 1. The van der Waals surface area contributed by atoms with Crippen LogP contribution >= 0.6 is 0 Å². The van der Waals surface area contributed by atoms with E-state index < -0.39 is 0 Å². The second-order valence-corrected chi connectivity index (χ2v) is 6.48. The summed E-state index contributed by atoms with van der Waals surface area (Å²) in [4.78, 5) is 6.77. The molecule has 0 aromatic carbocycles. The van der Waals surface area contributed by atoms with Gasteiger partial charge in [-0.25, -0.2) is 0 Å². The van der Waals surface area contributed by atoms with Crippen molar-refractivity contribution in [3.8, 4) is 0 Å². The number of anilines is 1. The normalized spacial score (nSPS) is 33.7. The van der Waals surface area contributed by atoms with Crippen LogP contribution in [0.2, 0.25) is 0 Å². The standard InChI is InChI=1S/C15H24N4O2/c1-2-4-12-11(3-1)5-6-13(16-12)14-17-15(18-21-14)19-7-9-20-10-8-19/h11-13,16H,1-10H2. The summed E-state index contributed by atoms with van der Waals surface area (Å²) in [6.07, 6.45) is 7.83. The van der Waals surface area contributed by atoms with Crippen molar-refractivity contribution in [3.05, 3.63) is 5.89 Å². The van der Waals surface area contributed by atoms with Gasteiger partial charge in [-0.05, 0) is 36.8 Å². The van der Waals surface area contributed by atoms with Gasteiger partial charge in [0.2, 0.25) is 5.89 Å². The van der Waals surface area contributed by atoms with E-state index in [0.29, 0.717) is 6.04 Å². The van der Waals surface area contributed by atoms with E-state index in [-0.39, 0.29) is 6.04 Å². The van der Waals surface area contributed by atoms with Gasteiger partial charge in [-0.2, -0.15) is 4.98 Å². The Kier molecular flexibility index (Phi) is 3.82. The van der Waals surface area contributed by atoms with Crippen LogP contribution in [0.4, 0.5) is 5.95 Å². The zero-order chi connectivity index (χ0) is 14.1. The van der Waals surface area contributed by atoms with Crippen molar-refractivity contribution in [1.29, 1.82) is 0 Å². The molecule has 21 heavy (non-hydrogen) atoms. The molecule has 1 N–H and O–H groups in total. The molecule has 3 heterocycles. The fraction of sp³-hybridized carbons (Fsp3) is 0.867. The lowest BCUT2D eigenvalue weighted by atomic mass is 9.78. The molecule has 1 saturated carbocycles. The van der Waals surface area contributed by atoms with E-state index in [0.717, 1.165) is 50.5 Å². The third-order valence-electron chi connectivity index (χ3n) is 5.17. The van der Waals surface area contributed by atoms with Crippen LogP contribution in [-0.4, -0.2) is 42.5 Å². The largest absolute Gasteiger partial charge is 0.378 e. The molecule has 116 valence electrons. The summed E-state index contributed by atoms with van der Waals surface area (Å²) in [7, 11) is 0. The van der Waals surface area contributed by atoms with Crippen molar-refractivity contribution in [2.45, 2.75) is 50.6 Å². The molecule has 0 bridgehead atoms. The minimum Gasteiger partial charge on any atom is -0.378 e. The highest BCUT2D eigenvalue weighted by Crippen LogP contribution is 2.36. The lowest BCUT2D eigenvalue weighted by Crippen LogP contribution is -2.44. The van der Waals surface area contributed by atoms with Gasteiger partial charge in [-0.15, -0.1) is 0 Å². The third kappa shape index (κ3) is 2.79. The van der Waals surface area contributed by atoms with Crippen molar-refractivity contribution >= 4 is 5.95 Å². The van der Waals surface area contributed by atoms with Gasteiger partial charge in [0.25, 0.3) is 5.95 Å². The zero-order valence-corrected chi connectivity index (χ0v) is 12.5. The predicted molar refractivity (Wildman–Crippen MR) is 78.2 cm³/mol. The second kappa shape index (κ2) is 5.93. The molecule has 1 aromatic heterocycles. The molecular formula is C15H24N4O2. The summed E-state index contributed by atoms with van der Waals surface area (Å²) in [5, 5.41) is 7.91. The Morgan fingerprint density at radius 2 is 1.90 bits per heavy atom. The first-order chi connectivity index (χ1) is 10.4. The Labute approximate surface area is 125 Å². The van der Waals surface area contributed by atoms with Crippen LogP contribution in [0.5, 0.6) is 0 Å². The highest BCUT2D eigenvalue weighted by molar-refractivity contribution is 5.28. The van der Waals surface area contributed by atoms with Gasteiger partial charge in [0, 0.05) is 19.1 Å². The molecule has 3 aliphatic rings. The number of morpholine rings is 1. The molecule has 2 saturated heterocycles. The van der Waals surface area contributed by atoms with Gasteiger partial charge in [-0.1, -0.05) is 12.8 Å². The number of nitrogens with one attached hydrogen (secondary N) is 1. The summed E-state index contributed by atoms with van der Waals surface area (Å²) in [6.45, 7) is 3.19. The molecule has 3 atom stereocenters. The van der Waals surface area contributed by atoms with Gasteiger partial charge in [-0.3, -0.25) is 0 Å². The van der Waals surface area contributed by atoms with Crippen molar-refractivity contribution in [1.82, 2.24) is 15.5 Å². The van der Waals surface area contributed by atoms with E-state index in [9.17, 15) is 0 Å². The number of hydrogen-bond acceptors (Lipinski definition) is 6. The lowest BCUT2D eigenvalue weighted by molar-refractivity contribution is 0.121. The molecule has 1 aliphatic carbocycles. The predicted octanol–water partition coefficient (Wildman–Crippen LogP) is 1.89.